The van der Waals surface area contributed by atoms with Crippen LogP contribution in [-0.4, -0.2) is 53.5 Å². The van der Waals surface area contributed by atoms with Crippen molar-refractivity contribution >= 4 is 52.1 Å². The Kier molecular flexibility index (Phi) is 7.38. The molecule has 12 heteroatoms. The molecule has 42 heavy (non-hydrogen) atoms. The Hall–Kier alpha value is -5.52. The van der Waals surface area contributed by atoms with Crippen LogP contribution in [0, 0.1) is 0 Å². The Balaban J connectivity index is 1.41. The second kappa shape index (κ2) is 12.8. The Bertz CT molecular complexity index is 1700. The van der Waals surface area contributed by atoms with Gasteiger partial charge in [-0.15, -0.1) is 10.2 Å². The first-order valence-corrected chi connectivity index (χ1v) is 13.2. The number of hydrogen-bond donors (Lipinski definition) is 4. The number of nitrogens with zero attached hydrogens (tertiary/aromatic N) is 4. The fourth-order valence-electron chi connectivity index (χ4n) is 4.52. The van der Waals surface area contributed by atoms with Crippen molar-refractivity contribution in [1.82, 2.24) is 20.5 Å². The van der Waals surface area contributed by atoms with Crippen molar-refractivity contribution < 1.29 is 23.2 Å². The van der Waals surface area contributed by atoms with Crippen LogP contribution < -0.4 is 30.9 Å². The van der Waals surface area contributed by atoms with Crippen LogP contribution in [0.3, 0.4) is 0 Å². The van der Waals surface area contributed by atoms with E-state index in [9.17, 15) is 14.4 Å². The largest absolute Gasteiger partial charge is 0.494 e. The van der Waals surface area contributed by atoms with E-state index in [-0.39, 0.29) is 34.4 Å². The predicted octanol–water partition coefficient (Wildman–Crippen LogP) is 4.50. The van der Waals surface area contributed by atoms with E-state index in [1.54, 1.807) is 71.8 Å². The molecule has 0 atom stereocenters. The summed E-state index contributed by atoms with van der Waals surface area (Å²) in [5.41, 5.74) is 1.54. The zero-order valence-electron chi connectivity index (χ0n) is 25.7. The van der Waals surface area contributed by atoms with Crippen molar-refractivity contribution in [3.05, 3.63) is 84.2 Å². The van der Waals surface area contributed by atoms with Gasteiger partial charge in [-0.2, -0.15) is 0 Å². The number of para-hydroxylation sites is 1. The molecule has 1 aliphatic heterocycles. The molecule has 0 unspecified atom stereocenters. The fraction of sp³-hybridized carbons (Fsp3) is 0.200. The summed E-state index contributed by atoms with van der Waals surface area (Å²) in [5, 5.41) is 18.7. The maximum absolute atomic E-state index is 13.4. The fourth-order valence-corrected chi connectivity index (χ4v) is 4.52. The topological polar surface area (TPSA) is 150 Å². The van der Waals surface area contributed by atoms with Gasteiger partial charge in [-0.3, -0.25) is 14.4 Å². The summed E-state index contributed by atoms with van der Waals surface area (Å²) < 4.78 is 27.9. The van der Waals surface area contributed by atoms with Crippen LogP contribution in [-0.2, 0) is 4.79 Å². The molecule has 0 radical (unpaired) electrons. The number of amides is 3. The Morgan fingerprint density at radius 1 is 0.929 bits per heavy atom. The second-order valence-electron chi connectivity index (χ2n) is 9.30. The van der Waals surface area contributed by atoms with Crippen LogP contribution in [0.15, 0.2) is 72.9 Å². The molecular formula is C30H30N8O4. The standard InChI is InChI=1S/C30H30N8O4/c1-31-30(41)27-23(18-25(36-37-27)35-24-10-3-5-16-32-24)34-22-9-7-8-21(28(22)42-2)29(40)33-19-12-14-20(15-13-19)38-17-6-4-11-26(38)39/h3,5,7-10,12-16,18H,4,6,11,17H2,1-2H3,(H,31,41)(H,33,40)(H2,32,34,35,36)/i1D3. The van der Waals surface area contributed by atoms with Crippen LogP contribution in [0.5, 0.6) is 5.75 Å². The number of methoxy groups -OCH3 is 1. The molecule has 3 heterocycles. The van der Waals surface area contributed by atoms with Gasteiger partial charge in [-0.25, -0.2) is 4.98 Å². The predicted molar refractivity (Wildman–Crippen MR) is 160 cm³/mol. The van der Waals surface area contributed by atoms with E-state index in [0.717, 1.165) is 18.5 Å². The number of ether oxygens (including phenoxy) is 1. The first kappa shape index (κ1) is 24.3. The lowest BCUT2D eigenvalue weighted by Crippen LogP contribution is -2.35. The lowest BCUT2D eigenvalue weighted by Gasteiger charge is -2.26. The van der Waals surface area contributed by atoms with E-state index in [0.29, 0.717) is 30.2 Å². The molecule has 2 aromatic carbocycles. The van der Waals surface area contributed by atoms with Crippen LogP contribution in [0.1, 0.15) is 44.2 Å². The van der Waals surface area contributed by atoms with E-state index in [1.807, 2.05) is 5.32 Å². The minimum Gasteiger partial charge on any atom is -0.494 e. The van der Waals surface area contributed by atoms with Crippen molar-refractivity contribution in [3.63, 3.8) is 0 Å². The van der Waals surface area contributed by atoms with Crippen molar-refractivity contribution in [2.45, 2.75) is 19.3 Å². The normalized spacial score (nSPS) is 14.2. The van der Waals surface area contributed by atoms with Crippen LogP contribution >= 0.6 is 0 Å². The van der Waals surface area contributed by atoms with Gasteiger partial charge in [0.2, 0.25) is 5.91 Å². The molecule has 0 spiro atoms. The molecule has 0 bridgehead atoms. The van der Waals surface area contributed by atoms with Crippen LogP contribution in [0.2, 0.25) is 0 Å². The lowest BCUT2D eigenvalue weighted by atomic mass is 10.1. The number of aromatic nitrogens is 3. The third kappa shape index (κ3) is 6.28. The van der Waals surface area contributed by atoms with Gasteiger partial charge in [-0.05, 0) is 61.4 Å². The molecule has 1 saturated heterocycles. The molecular weight excluding hydrogens is 536 g/mol. The maximum atomic E-state index is 13.4. The monoisotopic (exact) mass is 569 g/mol. The molecule has 214 valence electrons. The van der Waals surface area contributed by atoms with Crippen LogP contribution in [0.25, 0.3) is 0 Å². The van der Waals surface area contributed by atoms with E-state index < -0.39 is 18.8 Å². The smallest absolute Gasteiger partial charge is 0.273 e. The number of rotatable bonds is 9. The average molecular weight is 570 g/mol. The van der Waals surface area contributed by atoms with E-state index in [2.05, 4.69) is 31.1 Å². The number of piperidine rings is 1. The van der Waals surface area contributed by atoms with Gasteiger partial charge in [0.25, 0.3) is 11.8 Å². The van der Waals surface area contributed by atoms with E-state index >= 15 is 0 Å². The number of carbonyl (C=O) groups is 3. The zero-order chi connectivity index (χ0) is 32.0. The summed E-state index contributed by atoms with van der Waals surface area (Å²) in [6, 6.07) is 18.5. The molecule has 0 saturated carbocycles. The number of nitrogens with one attached hydrogen (secondary N) is 4. The van der Waals surface area contributed by atoms with Crippen molar-refractivity contribution in [2.24, 2.45) is 0 Å². The van der Waals surface area contributed by atoms with Gasteiger partial charge >= 0.3 is 0 Å². The Morgan fingerprint density at radius 3 is 2.52 bits per heavy atom. The van der Waals surface area contributed by atoms with Crippen molar-refractivity contribution in [1.29, 1.82) is 0 Å². The molecule has 12 nitrogen and oxygen atoms in total. The maximum Gasteiger partial charge on any atom is 0.273 e. The molecule has 5 rings (SSSR count). The minimum atomic E-state index is -2.77. The highest BCUT2D eigenvalue weighted by Crippen LogP contribution is 2.33. The lowest BCUT2D eigenvalue weighted by molar-refractivity contribution is -0.119. The van der Waals surface area contributed by atoms with Gasteiger partial charge in [0.1, 0.15) is 5.82 Å². The van der Waals surface area contributed by atoms with Crippen molar-refractivity contribution in [3.8, 4) is 5.75 Å². The van der Waals surface area contributed by atoms with Gasteiger partial charge in [0.05, 0.1) is 24.0 Å². The van der Waals surface area contributed by atoms with Gasteiger partial charge in [0, 0.05) is 47.7 Å². The summed E-state index contributed by atoms with van der Waals surface area (Å²) >= 11 is 0. The quantitative estimate of drug-likeness (QED) is 0.228. The minimum absolute atomic E-state index is 0.0789. The molecule has 1 aliphatic rings. The molecule has 0 aliphatic carbocycles. The highest BCUT2D eigenvalue weighted by molar-refractivity contribution is 6.08. The summed E-state index contributed by atoms with van der Waals surface area (Å²) in [5.74, 6) is -0.549. The second-order valence-corrected chi connectivity index (χ2v) is 9.30. The zero-order valence-corrected chi connectivity index (χ0v) is 22.7. The summed E-state index contributed by atoms with van der Waals surface area (Å²) in [6.07, 6.45) is 3.93. The molecule has 4 N–H and O–H groups in total. The average Bonchev–Trinajstić information content (AvgIpc) is 3.01. The molecule has 2 aromatic heterocycles. The first-order valence-electron chi connectivity index (χ1n) is 14.7. The molecule has 3 amide bonds. The van der Waals surface area contributed by atoms with Crippen molar-refractivity contribution in [2.75, 3.05) is 41.5 Å². The number of anilines is 6. The first-order chi connectivity index (χ1) is 21.6. The van der Waals surface area contributed by atoms with Gasteiger partial charge in [0.15, 0.2) is 17.3 Å². The number of pyridine rings is 1. The number of benzene rings is 2. The summed E-state index contributed by atoms with van der Waals surface area (Å²) in [6.45, 7) is -2.10. The Morgan fingerprint density at radius 2 is 1.79 bits per heavy atom. The summed E-state index contributed by atoms with van der Waals surface area (Å²) in [4.78, 5) is 44.4. The van der Waals surface area contributed by atoms with Crippen LogP contribution in [0.4, 0.5) is 34.4 Å². The highest BCUT2D eigenvalue weighted by Gasteiger charge is 2.21. The van der Waals surface area contributed by atoms with Gasteiger partial charge < -0.3 is 30.9 Å². The Labute approximate surface area is 246 Å². The number of hydrogen-bond acceptors (Lipinski definition) is 9. The van der Waals surface area contributed by atoms with E-state index in [1.165, 1.54) is 13.2 Å². The third-order valence-corrected chi connectivity index (χ3v) is 6.54. The molecule has 1 fully saturated rings. The molecule has 4 aromatic rings. The number of carbonyl (C=O) groups excluding carboxylic acids is 3. The highest BCUT2D eigenvalue weighted by atomic mass is 16.5. The van der Waals surface area contributed by atoms with E-state index in [4.69, 9.17) is 8.85 Å². The third-order valence-electron chi connectivity index (χ3n) is 6.54. The summed E-state index contributed by atoms with van der Waals surface area (Å²) in [7, 11) is 1.39. The van der Waals surface area contributed by atoms with Gasteiger partial charge in [-0.1, -0.05) is 12.1 Å². The SMILES string of the molecule is [2H]C([2H])([2H])NC(=O)c1nnc(Nc2ccccn2)cc1Nc1cccc(C(=O)Nc2ccc(N3CCCCC3=O)cc2)c1OC.